The largest absolute Gasteiger partial charge is 0.478 e. The molecule has 4 heteroatoms. The van der Waals surface area contributed by atoms with Crippen LogP contribution in [-0.2, 0) is 25.7 Å². The van der Waals surface area contributed by atoms with Crippen molar-refractivity contribution in [2.24, 2.45) is 0 Å². The molecule has 0 spiro atoms. The highest BCUT2D eigenvalue weighted by Crippen LogP contribution is 2.26. The average molecular weight is 923 g/mol. The SMILES string of the molecule is CCCCCCCCc1cccc(-c2cccc(CCCCCCCC)c2)c1.CCCCCCCCc1cccc(-c2cccc(CCCCCCCC)c2)c1.O=C(O)c1ccccc1C(=O)O. The van der Waals surface area contributed by atoms with E-state index in [-0.39, 0.29) is 11.1 Å². The Morgan fingerprint density at radius 3 is 0.735 bits per heavy atom. The molecule has 5 rings (SSSR count). The first-order chi connectivity index (χ1) is 33.3. The summed E-state index contributed by atoms with van der Waals surface area (Å²) in [6, 6.07) is 42.4. The lowest BCUT2D eigenvalue weighted by atomic mass is 9.97. The summed E-state index contributed by atoms with van der Waals surface area (Å²) in [5.74, 6) is -2.46. The summed E-state index contributed by atoms with van der Waals surface area (Å²) >= 11 is 0. The highest BCUT2D eigenvalue weighted by molar-refractivity contribution is 6.01. The van der Waals surface area contributed by atoms with E-state index >= 15 is 0 Å². The average Bonchev–Trinajstić information content (AvgIpc) is 3.36. The maximum Gasteiger partial charge on any atom is 0.336 e. The van der Waals surface area contributed by atoms with Crippen molar-refractivity contribution in [1.29, 1.82) is 0 Å². The van der Waals surface area contributed by atoms with Crippen LogP contribution in [0.3, 0.4) is 0 Å². The third kappa shape index (κ3) is 24.9. The van der Waals surface area contributed by atoms with Gasteiger partial charge in [0.05, 0.1) is 11.1 Å². The molecule has 0 saturated heterocycles. The van der Waals surface area contributed by atoms with Gasteiger partial charge < -0.3 is 10.2 Å². The topological polar surface area (TPSA) is 74.6 Å². The molecular formula is C64H90O4. The number of rotatable bonds is 32. The number of carbonyl (C=O) groups is 2. The molecule has 0 bridgehead atoms. The van der Waals surface area contributed by atoms with Crippen molar-refractivity contribution in [3.8, 4) is 22.3 Å². The van der Waals surface area contributed by atoms with Gasteiger partial charge in [-0.15, -0.1) is 0 Å². The molecule has 0 saturated carbocycles. The van der Waals surface area contributed by atoms with E-state index in [1.807, 2.05) is 0 Å². The molecule has 2 N–H and O–H groups in total. The third-order valence-corrected chi connectivity index (χ3v) is 13.0. The van der Waals surface area contributed by atoms with Gasteiger partial charge in [-0.3, -0.25) is 0 Å². The smallest absolute Gasteiger partial charge is 0.336 e. The van der Waals surface area contributed by atoms with Gasteiger partial charge in [0, 0.05) is 0 Å². The van der Waals surface area contributed by atoms with Crippen LogP contribution in [0.5, 0.6) is 0 Å². The molecule has 370 valence electrons. The number of hydrogen-bond donors (Lipinski definition) is 2. The lowest BCUT2D eigenvalue weighted by molar-refractivity contribution is 0.0651. The summed E-state index contributed by atoms with van der Waals surface area (Å²) in [5, 5.41) is 17.1. The van der Waals surface area contributed by atoms with E-state index in [0.29, 0.717) is 0 Å². The Morgan fingerprint density at radius 1 is 0.294 bits per heavy atom. The van der Waals surface area contributed by atoms with Gasteiger partial charge in [-0.25, -0.2) is 9.59 Å². The van der Waals surface area contributed by atoms with Gasteiger partial charge in [-0.1, -0.05) is 265 Å². The molecule has 5 aromatic carbocycles. The van der Waals surface area contributed by atoms with E-state index in [2.05, 4.69) is 125 Å². The second-order valence-corrected chi connectivity index (χ2v) is 19.0. The number of carboxylic acid groups (broad SMARTS) is 2. The normalized spacial score (nSPS) is 10.8. The van der Waals surface area contributed by atoms with Gasteiger partial charge in [0.25, 0.3) is 0 Å². The first-order valence-corrected chi connectivity index (χ1v) is 27.2. The summed E-state index contributed by atoms with van der Waals surface area (Å²) < 4.78 is 0. The van der Waals surface area contributed by atoms with Crippen LogP contribution in [0.15, 0.2) is 121 Å². The van der Waals surface area contributed by atoms with Crippen LogP contribution < -0.4 is 0 Å². The number of aromatic carboxylic acids is 2. The van der Waals surface area contributed by atoms with Gasteiger partial charge in [-0.2, -0.15) is 0 Å². The Balaban J connectivity index is 0.000000291. The Labute approximate surface area is 414 Å². The van der Waals surface area contributed by atoms with Crippen LogP contribution in [0.25, 0.3) is 22.3 Å². The number of carboxylic acids is 2. The van der Waals surface area contributed by atoms with E-state index in [1.54, 1.807) is 0 Å². The minimum atomic E-state index is -1.23. The van der Waals surface area contributed by atoms with Crippen molar-refractivity contribution in [2.45, 2.75) is 207 Å². The summed E-state index contributed by atoms with van der Waals surface area (Å²) in [6.45, 7) is 9.14. The first-order valence-electron chi connectivity index (χ1n) is 27.2. The fourth-order valence-electron chi connectivity index (χ4n) is 8.92. The zero-order chi connectivity index (χ0) is 48.9. The Bertz CT molecular complexity index is 1820. The zero-order valence-corrected chi connectivity index (χ0v) is 43.1. The first kappa shape index (κ1) is 57.4. The molecule has 68 heavy (non-hydrogen) atoms. The third-order valence-electron chi connectivity index (χ3n) is 13.0. The van der Waals surface area contributed by atoms with Crippen LogP contribution in [0, 0.1) is 0 Å². The summed E-state index contributed by atoms with van der Waals surface area (Å²) in [7, 11) is 0. The van der Waals surface area contributed by atoms with Gasteiger partial charge in [0.1, 0.15) is 0 Å². The lowest BCUT2D eigenvalue weighted by Crippen LogP contribution is -2.06. The molecule has 0 aliphatic carbocycles. The van der Waals surface area contributed by atoms with Crippen molar-refractivity contribution < 1.29 is 19.8 Å². The molecule has 0 heterocycles. The quantitative estimate of drug-likeness (QED) is 0.0422. The molecule has 4 nitrogen and oxygen atoms in total. The number of hydrogen-bond acceptors (Lipinski definition) is 2. The van der Waals surface area contributed by atoms with Crippen LogP contribution in [0.1, 0.15) is 225 Å². The molecule has 0 aromatic heterocycles. The Kier molecular flexibility index (Phi) is 31.2. The van der Waals surface area contributed by atoms with Crippen molar-refractivity contribution >= 4 is 11.9 Å². The predicted octanol–water partition coefficient (Wildman–Crippen LogP) is 19.4. The molecule has 0 amide bonds. The summed E-state index contributed by atoms with van der Waals surface area (Å²) in [6.07, 6.45) is 37.8. The molecule has 0 aliphatic heterocycles. The minimum Gasteiger partial charge on any atom is -0.478 e. The highest BCUT2D eigenvalue weighted by atomic mass is 16.4. The monoisotopic (exact) mass is 923 g/mol. The molecular weight excluding hydrogens is 833 g/mol. The van der Waals surface area contributed by atoms with Crippen LogP contribution in [-0.4, -0.2) is 22.2 Å². The van der Waals surface area contributed by atoms with E-state index in [1.165, 1.54) is 249 Å². The standard InChI is InChI=1S/2C28H42.C8H6O4/c2*1-3-5-7-9-11-13-17-25-19-15-21-27(23-25)28-22-16-20-26(24-28)18-14-12-10-8-6-4-2;9-7(10)5-3-1-2-4-6(5)8(11)12/h2*15-16,19-24H,3-14,17-18H2,1-2H3;1-4H,(H,9,10)(H,11,12). The lowest BCUT2D eigenvalue weighted by Gasteiger charge is -2.08. The molecule has 0 aliphatic rings. The van der Waals surface area contributed by atoms with Crippen molar-refractivity contribution in [1.82, 2.24) is 0 Å². The zero-order valence-electron chi connectivity index (χ0n) is 43.1. The molecule has 5 aromatic rings. The highest BCUT2D eigenvalue weighted by Gasteiger charge is 2.14. The molecule has 0 atom stereocenters. The summed E-state index contributed by atoms with van der Waals surface area (Å²) in [5.41, 5.74) is 11.1. The van der Waals surface area contributed by atoms with Crippen LogP contribution in [0.2, 0.25) is 0 Å². The van der Waals surface area contributed by atoms with Crippen molar-refractivity contribution in [3.63, 3.8) is 0 Å². The fourth-order valence-corrected chi connectivity index (χ4v) is 8.92. The van der Waals surface area contributed by atoms with Gasteiger partial charge in [-0.05, 0) is 108 Å². The number of benzene rings is 5. The molecule has 0 unspecified atom stereocenters. The minimum absolute atomic E-state index is 0.190. The predicted molar refractivity (Wildman–Crippen MR) is 292 cm³/mol. The van der Waals surface area contributed by atoms with E-state index in [0.717, 1.165) is 0 Å². The maximum absolute atomic E-state index is 10.5. The van der Waals surface area contributed by atoms with Gasteiger partial charge in [0.15, 0.2) is 0 Å². The second kappa shape index (κ2) is 37.0. The van der Waals surface area contributed by atoms with E-state index < -0.39 is 11.9 Å². The van der Waals surface area contributed by atoms with Gasteiger partial charge >= 0.3 is 11.9 Å². The maximum atomic E-state index is 10.5. The summed E-state index contributed by atoms with van der Waals surface area (Å²) in [4.78, 5) is 20.9. The fraction of sp³-hybridized carbons (Fsp3) is 0.500. The molecule has 0 radical (unpaired) electrons. The van der Waals surface area contributed by atoms with E-state index in [4.69, 9.17) is 10.2 Å². The van der Waals surface area contributed by atoms with Crippen LogP contribution >= 0.6 is 0 Å². The van der Waals surface area contributed by atoms with E-state index in [9.17, 15) is 9.59 Å². The molecule has 0 fully saturated rings. The second-order valence-electron chi connectivity index (χ2n) is 19.0. The van der Waals surface area contributed by atoms with Crippen LogP contribution in [0.4, 0.5) is 0 Å². The number of unbranched alkanes of at least 4 members (excludes halogenated alkanes) is 20. The number of aryl methyl sites for hydroxylation is 4. The van der Waals surface area contributed by atoms with Crippen molar-refractivity contribution in [3.05, 3.63) is 155 Å². The Hall–Kier alpha value is -4.96. The van der Waals surface area contributed by atoms with Crippen molar-refractivity contribution in [2.75, 3.05) is 0 Å². The van der Waals surface area contributed by atoms with Gasteiger partial charge in [0.2, 0.25) is 0 Å². The Morgan fingerprint density at radius 2 is 0.515 bits per heavy atom.